The number of fused-ring (bicyclic) bond motifs is 5. The predicted octanol–water partition coefficient (Wildman–Crippen LogP) is 38.4. The summed E-state index contributed by atoms with van der Waals surface area (Å²) in [6.07, 6.45) is 5.61. The van der Waals surface area contributed by atoms with Gasteiger partial charge in [-0.2, -0.15) is 0 Å². The van der Waals surface area contributed by atoms with Crippen LogP contribution in [0.3, 0.4) is 0 Å². The number of nitrogen functional groups attached to an aromatic ring is 1. The predicted molar refractivity (Wildman–Crippen MR) is 599 cm³/mol. The summed E-state index contributed by atoms with van der Waals surface area (Å²) in [5.74, 6) is 0. The summed E-state index contributed by atoms with van der Waals surface area (Å²) in [5.41, 5.74) is 35.3. The maximum Gasteiger partial charge on any atom is 0.0540 e. The van der Waals surface area contributed by atoms with Crippen molar-refractivity contribution in [3.63, 3.8) is 0 Å². The molecule has 8 heteroatoms. The third-order valence-electron chi connectivity index (χ3n) is 24.2. The minimum absolute atomic E-state index is 0.850. The number of rotatable bonds is 19. The van der Waals surface area contributed by atoms with Crippen LogP contribution in [0.25, 0.3) is 139 Å². The van der Waals surface area contributed by atoms with Gasteiger partial charge in [-0.3, -0.25) is 0 Å². The molecule has 0 aliphatic heterocycles. The Hall–Kier alpha value is -16.2. The molecular weight excluding hydrogens is 1850 g/mol. The van der Waals surface area contributed by atoms with Crippen molar-refractivity contribution in [3.05, 3.63) is 553 Å². The van der Waals surface area contributed by atoms with Gasteiger partial charge in [0.25, 0.3) is 0 Å². The van der Waals surface area contributed by atoms with Crippen LogP contribution in [-0.4, -0.2) is 0 Å². The quantitative estimate of drug-likeness (QED) is 0.0705. The molecule has 0 radical (unpaired) electrons. The normalized spacial score (nSPS) is 10.7. The second kappa shape index (κ2) is 43.4. The molecule has 22 aromatic rings. The zero-order valence-corrected chi connectivity index (χ0v) is 79.6. The Balaban J connectivity index is 0.000000136. The summed E-state index contributed by atoms with van der Waals surface area (Å²) in [7, 11) is 0. The maximum absolute atomic E-state index is 5.76. The standard InChI is InChI=1S/C60H44N2.C32H24N2.C14H11Br.C12H8Br2.C10H9N/c1-3-43-19-23-45(24-20-43)47-27-35-53(36-28-47)61(59-17-9-13-51-11-5-7-15-57(51)59)55-39-31-49(32-40-55)50-33-41-56(42-34-50)62(60-18-10-14-52-12-6-8-16-58(52)60)54-37-29-48(30-38-54)46-25-21-44(4-2)22-26-46;1-3-11-29-25(7-1)9-5-13-31(29)33-27-19-15-23(16-20-27)24-17-21-28(22-18-24)34-32-14-6-10-26-8-2-4-12-30(26)32;1-2-11-3-5-12(6-4-11)13-7-9-14(15)10-8-13;13-11-5-1-9(2-6-11)10-3-7-12(14)8-4-10;11-10-7-3-5-8-4-1-2-6-9(8)10/h3-42H,1-2H2;1-22,33-34H;2-10H,1H2;1-8H;1-7H,11H2. The van der Waals surface area contributed by atoms with Gasteiger partial charge in [-0.1, -0.05) is 450 Å². The van der Waals surface area contributed by atoms with Gasteiger partial charge in [0, 0.05) is 91.5 Å². The van der Waals surface area contributed by atoms with Crippen molar-refractivity contribution in [1.29, 1.82) is 0 Å². The Kier molecular flexibility index (Phi) is 28.9. The highest BCUT2D eigenvalue weighted by atomic mass is 79.9. The Morgan fingerprint density at radius 2 is 0.390 bits per heavy atom. The van der Waals surface area contributed by atoms with Gasteiger partial charge in [-0.25, -0.2) is 0 Å². The summed E-state index contributed by atoms with van der Waals surface area (Å²) in [5, 5.41) is 19.2. The molecule has 0 unspecified atom stereocenters. The molecule has 5 nitrogen and oxygen atoms in total. The van der Waals surface area contributed by atoms with E-state index in [0.29, 0.717) is 0 Å². The molecule has 0 aromatic heterocycles. The number of nitrogens with two attached hydrogens (primary N) is 1. The minimum Gasteiger partial charge on any atom is -0.398 e. The topological polar surface area (TPSA) is 56.6 Å². The average molecular weight is 1940 g/mol. The average Bonchev–Trinajstić information content (AvgIpc) is 0.773. The Bertz CT molecular complexity index is 7440. The fourth-order valence-electron chi connectivity index (χ4n) is 17.0. The van der Waals surface area contributed by atoms with Gasteiger partial charge in [-0.05, 0) is 250 Å². The van der Waals surface area contributed by atoms with Crippen molar-refractivity contribution in [3.8, 4) is 66.8 Å². The third kappa shape index (κ3) is 21.9. The third-order valence-corrected chi connectivity index (χ3v) is 25.8. The fourth-order valence-corrected chi connectivity index (χ4v) is 17.8. The lowest BCUT2D eigenvalue weighted by molar-refractivity contribution is 1.29. The molecule has 0 aliphatic rings. The molecular formula is C128H96Br3N5. The Labute approximate surface area is 821 Å². The van der Waals surface area contributed by atoms with Crippen LogP contribution in [0.5, 0.6) is 0 Å². The lowest BCUT2D eigenvalue weighted by Crippen LogP contribution is -2.10. The van der Waals surface area contributed by atoms with Crippen LogP contribution in [0.2, 0.25) is 0 Å². The summed E-state index contributed by atoms with van der Waals surface area (Å²) in [6, 6.07) is 177. The molecule has 0 spiro atoms. The van der Waals surface area contributed by atoms with Gasteiger partial charge in [0.05, 0.1) is 11.4 Å². The largest absolute Gasteiger partial charge is 0.398 e. The van der Waals surface area contributed by atoms with E-state index in [0.717, 1.165) is 109 Å². The van der Waals surface area contributed by atoms with E-state index in [1.165, 1.54) is 104 Å². The number of hydrogen-bond donors (Lipinski definition) is 3. The number of anilines is 11. The Morgan fingerprint density at radius 1 is 0.191 bits per heavy atom. The fraction of sp³-hybridized carbons (Fsp3) is 0. The number of nitrogens with zero attached hydrogens (tertiary/aromatic N) is 2. The van der Waals surface area contributed by atoms with Gasteiger partial charge >= 0.3 is 0 Å². The summed E-state index contributed by atoms with van der Waals surface area (Å²) < 4.78 is 3.32. The van der Waals surface area contributed by atoms with Gasteiger partial charge in [-0.15, -0.1) is 0 Å². The molecule has 0 saturated heterocycles. The molecule has 654 valence electrons. The van der Waals surface area contributed by atoms with Crippen LogP contribution >= 0.6 is 47.8 Å². The molecule has 0 heterocycles. The zero-order chi connectivity index (χ0) is 92.9. The number of halogens is 3. The summed E-state index contributed by atoms with van der Waals surface area (Å²) >= 11 is 10.3. The van der Waals surface area contributed by atoms with Crippen LogP contribution in [0.1, 0.15) is 16.7 Å². The van der Waals surface area contributed by atoms with Gasteiger partial charge < -0.3 is 26.2 Å². The van der Waals surface area contributed by atoms with Crippen molar-refractivity contribution in [2.24, 2.45) is 0 Å². The number of benzene rings is 22. The molecule has 4 N–H and O–H groups in total. The molecule has 0 fully saturated rings. The number of nitrogens with one attached hydrogen (secondary N) is 2. The van der Waals surface area contributed by atoms with Crippen LogP contribution in [0.15, 0.2) is 537 Å². The lowest BCUT2D eigenvalue weighted by Gasteiger charge is -2.28. The minimum atomic E-state index is 0.850. The first-order valence-electron chi connectivity index (χ1n) is 45.3. The second-order valence-corrected chi connectivity index (χ2v) is 35.6. The first kappa shape index (κ1) is 90.3. The maximum atomic E-state index is 5.76. The van der Waals surface area contributed by atoms with E-state index >= 15 is 0 Å². The van der Waals surface area contributed by atoms with E-state index < -0.39 is 0 Å². The van der Waals surface area contributed by atoms with E-state index in [-0.39, 0.29) is 0 Å². The van der Waals surface area contributed by atoms with Crippen LogP contribution in [0.4, 0.5) is 62.6 Å². The van der Waals surface area contributed by atoms with Crippen molar-refractivity contribution >= 4 is 182 Å². The van der Waals surface area contributed by atoms with Crippen LogP contribution in [-0.2, 0) is 0 Å². The highest BCUT2D eigenvalue weighted by Crippen LogP contribution is 2.44. The first-order chi connectivity index (χ1) is 66.9. The molecule has 0 amide bonds. The SMILES string of the molecule is Brc1ccc(-c2ccc(Br)cc2)cc1.C=Cc1ccc(-c2ccc(Br)cc2)cc1.C=Cc1ccc(-c2ccc(N(c3ccc(-c4ccc(N(c5ccc(-c6ccc(C=C)cc6)cc5)c5cccc6ccccc56)cc4)cc3)c3cccc4ccccc34)cc2)cc1.Nc1cccc2ccccc12.c1ccc2c(Nc3ccc(-c4ccc(Nc5cccc6ccccc56)cc4)cc3)cccc2c1. The monoisotopic (exact) mass is 1940 g/mol. The molecule has 0 saturated carbocycles. The lowest BCUT2D eigenvalue weighted by atomic mass is 10.0. The molecule has 0 aliphatic carbocycles. The molecule has 0 atom stereocenters. The second-order valence-electron chi connectivity index (χ2n) is 32.9. The zero-order valence-electron chi connectivity index (χ0n) is 74.9. The van der Waals surface area contributed by atoms with E-state index in [4.69, 9.17) is 5.73 Å². The van der Waals surface area contributed by atoms with Crippen molar-refractivity contribution in [2.75, 3.05) is 26.2 Å². The first-order valence-corrected chi connectivity index (χ1v) is 47.6. The molecule has 22 aromatic carbocycles. The van der Waals surface area contributed by atoms with Gasteiger partial charge in [0.2, 0.25) is 0 Å². The summed E-state index contributed by atoms with van der Waals surface area (Å²) in [4.78, 5) is 4.73. The van der Waals surface area contributed by atoms with Crippen molar-refractivity contribution in [1.82, 2.24) is 0 Å². The number of hydrogen-bond acceptors (Lipinski definition) is 5. The highest BCUT2D eigenvalue weighted by molar-refractivity contribution is 9.11. The Morgan fingerprint density at radius 3 is 0.654 bits per heavy atom. The smallest absolute Gasteiger partial charge is 0.0540 e. The van der Waals surface area contributed by atoms with Gasteiger partial charge in [0.15, 0.2) is 0 Å². The van der Waals surface area contributed by atoms with E-state index in [9.17, 15) is 0 Å². The molecule has 136 heavy (non-hydrogen) atoms. The van der Waals surface area contributed by atoms with Crippen LogP contribution < -0.4 is 26.2 Å². The van der Waals surface area contributed by atoms with E-state index in [2.05, 4.69) is 561 Å². The van der Waals surface area contributed by atoms with E-state index in [1.54, 1.807) is 0 Å². The molecule has 0 bridgehead atoms. The van der Waals surface area contributed by atoms with Crippen LogP contribution in [0, 0.1) is 0 Å². The summed E-state index contributed by atoms with van der Waals surface area (Å²) in [6.45, 7) is 11.6. The van der Waals surface area contributed by atoms with Crippen molar-refractivity contribution < 1.29 is 0 Å². The van der Waals surface area contributed by atoms with Crippen molar-refractivity contribution in [2.45, 2.75) is 0 Å². The highest BCUT2D eigenvalue weighted by Gasteiger charge is 2.20. The molecule has 22 rings (SSSR count). The van der Waals surface area contributed by atoms with E-state index in [1.807, 2.05) is 48.6 Å². The van der Waals surface area contributed by atoms with Gasteiger partial charge in [0.1, 0.15) is 0 Å².